The summed E-state index contributed by atoms with van der Waals surface area (Å²) in [5.41, 5.74) is 6.50. The van der Waals surface area contributed by atoms with Crippen LogP contribution < -0.4 is 5.73 Å². The lowest BCUT2D eigenvalue weighted by Gasteiger charge is -2.60. The molecule has 4 fully saturated rings. The predicted molar refractivity (Wildman–Crippen MR) is 71.8 cm³/mol. The van der Waals surface area contributed by atoms with Crippen molar-refractivity contribution in [2.75, 3.05) is 20.6 Å². The fourth-order valence-corrected chi connectivity index (χ4v) is 5.86. The SMILES string of the molecule is CN(C)C(CCN)C12CC3CC(CC(C3)C1)C2. The fourth-order valence-electron chi connectivity index (χ4n) is 5.86. The van der Waals surface area contributed by atoms with Gasteiger partial charge in [-0.15, -0.1) is 0 Å². The van der Waals surface area contributed by atoms with E-state index < -0.39 is 0 Å². The summed E-state index contributed by atoms with van der Waals surface area (Å²) in [5, 5.41) is 0. The fraction of sp³-hybridized carbons (Fsp3) is 1.00. The summed E-state index contributed by atoms with van der Waals surface area (Å²) in [4.78, 5) is 2.47. The zero-order valence-electron chi connectivity index (χ0n) is 11.5. The van der Waals surface area contributed by atoms with Crippen LogP contribution in [0.4, 0.5) is 0 Å². The summed E-state index contributed by atoms with van der Waals surface area (Å²) in [6, 6.07) is 0.737. The highest BCUT2D eigenvalue weighted by molar-refractivity contribution is 5.06. The van der Waals surface area contributed by atoms with Gasteiger partial charge in [0.05, 0.1) is 0 Å². The minimum Gasteiger partial charge on any atom is -0.330 e. The second-order valence-corrected chi connectivity index (χ2v) is 7.34. The Labute approximate surface area is 106 Å². The van der Waals surface area contributed by atoms with Crippen LogP contribution in [0.25, 0.3) is 0 Å². The van der Waals surface area contributed by atoms with Gasteiger partial charge in [-0.25, -0.2) is 0 Å². The average Bonchev–Trinajstić information content (AvgIpc) is 2.23. The van der Waals surface area contributed by atoms with E-state index in [9.17, 15) is 0 Å². The van der Waals surface area contributed by atoms with Crippen LogP contribution in [0.5, 0.6) is 0 Å². The molecule has 17 heavy (non-hydrogen) atoms. The third kappa shape index (κ3) is 1.94. The molecular weight excluding hydrogens is 208 g/mol. The molecule has 0 aromatic carbocycles. The number of hydrogen-bond donors (Lipinski definition) is 1. The maximum atomic E-state index is 5.86. The topological polar surface area (TPSA) is 29.3 Å². The molecule has 0 aromatic rings. The molecule has 0 saturated heterocycles. The lowest BCUT2D eigenvalue weighted by Crippen LogP contribution is -2.56. The summed E-state index contributed by atoms with van der Waals surface area (Å²) >= 11 is 0. The van der Waals surface area contributed by atoms with Crippen LogP contribution >= 0.6 is 0 Å². The van der Waals surface area contributed by atoms with Gasteiger partial charge in [0.15, 0.2) is 0 Å². The summed E-state index contributed by atoms with van der Waals surface area (Å²) in [7, 11) is 4.53. The van der Waals surface area contributed by atoms with Gasteiger partial charge in [0, 0.05) is 6.04 Å². The molecule has 0 aromatic heterocycles. The van der Waals surface area contributed by atoms with Crippen LogP contribution in [0, 0.1) is 23.2 Å². The molecule has 2 nitrogen and oxygen atoms in total. The van der Waals surface area contributed by atoms with Crippen LogP contribution in [-0.2, 0) is 0 Å². The first-order chi connectivity index (χ1) is 8.13. The van der Waals surface area contributed by atoms with E-state index in [1.807, 2.05) is 0 Å². The van der Waals surface area contributed by atoms with E-state index in [1.54, 1.807) is 19.3 Å². The first kappa shape index (κ1) is 12.0. The van der Waals surface area contributed by atoms with E-state index in [1.165, 1.54) is 25.7 Å². The summed E-state index contributed by atoms with van der Waals surface area (Å²) in [5.74, 6) is 3.17. The Hall–Kier alpha value is -0.0800. The molecule has 0 aliphatic heterocycles. The second-order valence-electron chi connectivity index (χ2n) is 7.34. The minimum atomic E-state index is 0.637. The van der Waals surface area contributed by atoms with Crippen molar-refractivity contribution in [3.8, 4) is 0 Å². The van der Waals surface area contributed by atoms with Gasteiger partial charge in [-0.05, 0) is 88.8 Å². The summed E-state index contributed by atoms with van der Waals surface area (Å²) in [6.45, 7) is 0.852. The van der Waals surface area contributed by atoms with Crippen LogP contribution in [0.1, 0.15) is 44.9 Å². The third-order valence-corrected chi connectivity index (χ3v) is 5.86. The maximum Gasteiger partial charge on any atom is 0.0158 e. The number of nitrogens with zero attached hydrogens (tertiary/aromatic N) is 1. The quantitative estimate of drug-likeness (QED) is 0.812. The van der Waals surface area contributed by atoms with Gasteiger partial charge in [0.25, 0.3) is 0 Å². The van der Waals surface area contributed by atoms with Crippen LogP contribution in [0.15, 0.2) is 0 Å². The Balaban J connectivity index is 1.84. The number of nitrogens with two attached hydrogens (primary N) is 1. The largest absolute Gasteiger partial charge is 0.330 e. The zero-order valence-corrected chi connectivity index (χ0v) is 11.5. The molecule has 0 radical (unpaired) electrons. The third-order valence-electron chi connectivity index (χ3n) is 5.86. The average molecular weight is 236 g/mol. The molecule has 4 aliphatic carbocycles. The van der Waals surface area contributed by atoms with Crippen molar-refractivity contribution >= 4 is 0 Å². The van der Waals surface area contributed by atoms with E-state index in [0.717, 1.165) is 30.3 Å². The van der Waals surface area contributed by atoms with Gasteiger partial charge in [-0.2, -0.15) is 0 Å². The first-order valence-corrected chi connectivity index (χ1v) is 7.49. The molecule has 4 bridgehead atoms. The molecule has 4 rings (SSSR count). The lowest BCUT2D eigenvalue weighted by atomic mass is 9.47. The van der Waals surface area contributed by atoms with Gasteiger partial charge in [-0.1, -0.05) is 0 Å². The van der Waals surface area contributed by atoms with Crippen LogP contribution in [0.3, 0.4) is 0 Å². The molecule has 4 saturated carbocycles. The van der Waals surface area contributed by atoms with E-state index >= 15 is 0 Å². The van der Waals surface area contributed by atoms with Crippen LogP contribution in [0.2, 0.25) is 0 Å². The number of hydrogen-bond acceptors (Lipinski definition) is 2. The molecular formula is C15H28N2. The Kier molecular flexibility index (Phi) is 2.99. The Morgan fingerprint density at radius 2 is 1.53 bits per heavy atom. The lowest BCUT2D eigenvalue weighted by molar-refractivity contribution is -0.0945. The van der Waals surface area contributed by atoms with Gasteiger partial charge in [0.2, 0.25) is 0 Å². The van der Waals surface area contributed by atoms with Crippen molar-refractivity contribution in [3.05, 3.63) is 0 Å². The first-order valence-electron chi connectivity index (χ1n) is 7.49. The highest BCUT2D eigenvalue weighted by atomic mass is 15.1. The molecule has 2 heteroatoms. The molecule has 98 valence electrons. The maximum absolute atomic E-state index is 5.86. The molecule has 4 aliphatic rings. The minimum absolute atomic E-state index is 0.637. The van der Waals surface area contributed by atoms with Crippen molar-refractivity contribution in [1.82, 2.24) is 4.90 Å². The van der Waals surface area contributed by atoms with E-state index in [4.69, 9.17) is 5.73 Å². The van der Waals surface area contributed by atoms with E-state index in [0.29, 0.717) is 5.41 Å². The van der Waals surface area contributed by atoms with E-state index in [2.05, 4.69) is 19.0 Å². The van der Waals surface area contributed by atoms with Crippen molar-refractivity contribution in [1.29, 1.82) is 0 Å². The summed E-state index contributed by atoms with van der Waals surface area (Å²) < 4.78 is 0. The highest BCUT2D eigenvalue weighted by Gasteiger charge is 2.54. The highest BCUT2D eigenvalue weighted by Crippen LogP contribution is 2.62. The van der Waals surface area contributed by atoms with Gasteiger partial charge >= 0.3 is 0 Å². The van der Waals surface area contributed by atoms with Crippen LogP contribution in [-0.4, -0.2) is 31.6 Å². The van der Waals surface area contributed by atoms with Crippen molar-refractivity contribution in [3.63, 3.8) is 0 Å². The molecule has 0 spiro atoms. The molecule has 0 heterocycles. The smallest absolute Gasteiger partial charge is 0.0158 e. The molecule has 1 atom stereocenters. The van der Waals surface area contributed by atoms with E-state index in [-0.39, 0.29) is 0 Å². The Morgan fingerprint density at radius 3 is 1.88 bits per heavy atom. The zero-order chi connectivity index (χ0) is 12.0. The van der Waals surface area contributed by atoms with Crippen molar-refractivity contribution < 1.29 is 0 Å². The molecule has 0 amide bonds. The van der Waals surface area contributed by atoms with Crippen molar-refractivity contribution in [2.24, 2.45) is 28.9 Å². The van der Waals surface area contributed by atoms with Gasteiger partial charge in [0.1, 0.15) is 0 Å². The molecule has 1 unspecified atom stereocenters. The molecule has 2 N–H and O–H groups in total. The summed E-state index contributed by atoms with van der Waals surface area (Å²) in [6.07, 6.45) is 10.3. The van der Waals surface area contributed by atoms with Gasteiger partial charge < -0.3 is 10.6 Å². The predicted octanol–water partition coefficient (Wildman–Crippen LogP) is 2.48. The number of rotatable bonds is 4. The monoisotopic (exact) mass is 236 g/mol. The standard InChI is InChI=1S/C15H28N2/c1-17(2)14(3-4-16)15-8-11-5-12(9-15)7-13(6-11)10-15/h11-14H,3-10,16H2,1-2H3. The van der Waals surface area contributed by atoms with Gasteiger partial charge in [-0.3, -0.25) is 0 Å². The Morgan fingerprint density at radius 1 is 1.06 bits per heavy atom. The second kappa shape index (κ2) is 4.24. The van der Waals surface area contributed by atoms with Crippen molar-refractivity contribution in [2.45, 2.75) is 51.0 Å². The normalized spacial score (nSPS) is 45.5. The Bertz CT molecular complexity index is 249.